The van der Waals surface area contributed by atoms with Gasteiger partial charge in [0.05, 0.1) is 11.1 Å². The highest BCUT2D eigenvalue weighted by molar-refractivity contribution is 6.45. The standard InChI is InChI=1S/C18H24BF3N6O2.C17H21F3N6O/c1-12-10-15(23-8-5-9-28(3)19(2)30)26-16(24-12)27-17(29)25-14-7-4-6-13(11-14)18(20,21)22;1-11-9-14(22-8-4-7-21-2)25-15(23-11)26-16(27)24-13-6-3-5-12(10-13)17(18,19)20/h4,6-7,10-11,30H,5,8-9H2,1-3H3,(H3,23,24,25,26,27,29);3,5-6,9-10,21H,4,7-8H2,1-2H3,(H3,22,23,24,25,26,27). The molecule has 15 nitrogen and oxygen atoms in total. The van der Waals surface area contributed by atoms with Gasteiger partial charge in [0.15, 0.2) is 0 Å². The van der Waals surface area contributed by atoms with Crippen molar-refractivity contribution in [3.05, 3.63) is 83.2 Å². The first-order valence-corrected chi connectivity index (χ1v) is 17.5. The topological polar surface area (TPSA) is 193 Å². The van der Waals surface area contributed by atoms with Crippen LogP contribution in [0.2, 0.25) is 6.82 Å². The second-order valence-electron chi connectivity index (χ2n) is 12.5. The zero-order valence-corrected chi connectivity index (χ0v) is 31.9. The minimum Gasteiger partial charge on any atom is -0.437 e. The minimum atomic E-state index is -4.50. The smallest absolute Gasteiger partial charge is 0.416 e. The molecule has 0 saturated carbocycles. The number of carbonyl (C=O) groups excluding carboxylic acids is 2. The lowest BCUT2D eigenvalue weighted by Gasteiger charge is -2.17. The number of benzene rings is 2. The molecule has 57 heavy (non-hydrogen) atoms. The maximum Gasteiger partial charge on any atom is 0.416 e. The molecule has 8 N–H and O–H groups in total. The third-order valence-electron chi connectivity index (χ3n) is 7.60. The quantitative estimate of drug-likeness (QED) is 0.0360. The number of aromatic nitrogens is 4. The Bertz CT molecular complexity index is 1920. The average molecular weight is 807 g/mol. The van der Waals surface area contributed by atoms with Gasteiger partial charge < -0.3 is 36.4 Å². The summed E-state index contributed by atoms with van der Waals surface area (Å²) in [6.07, 6.45) is -7.35. The Morgan fingerprint density at radius 3 is 1.53 bits per heavy atom. The van der Waals surface area contributed by atoms with Crippen LogP contribution >= 0.6 is 0 Å². The first-order chi connectivity index (χ1) is 26.8. The second kappa shape index (κ2) is 21.5. The molecule has 0 radical (unpaired) electrons. The molecule has 0 bridgehead atoms. The fourth-order valence-corrected chi connectivity index (χ4v) is 4.72. The van der Waals surface area contributed by atoms with Gasteiger partial charge in [0.2, 0.25) is 11.9 Å². The fraction of sp³-hybridized carbons (Fsp3) is 0.371. The number of aryl methyl sites for hydroxylation is 2. The normalized spacial score (nSPS) is 11.2. The lowest BCUT2D eigenvalue weighted by molar-refractivity contribution is -0.138. The Morgan fingerprint density at radius 1 is 0.684 bits per heavy atom. The number of carbonyl (C=O) groups is 2. The lowest BCUT2D eigenvalue weighted by Crippen LogP contribution is -2.34. The van der Waals surface area contributed by atoms with Crippen LogP contribution in [0.25, 0.3) is 0 Å². The SMILES string of the molecule is CB(O)N(C)CCCNc1cc(C)nc(NC(=O)Nc2cccc(C(F)(F)F)c2)n1.CNCCCNc1cc(C)nc(NC(=O)Nc2cccc(C(F)(F)F)c2)n1. The van der Waals surface area contributed by atoms with E-state index in [1.54, 1.807) is 37.6 Å². The van der Waals surface area contributed by atoms with Crippen LogP contribution in [-0.2, 0) is 12.4 Å². The molecule has 2 aromatic carbocycles. The Balaban J connectivity index is 0.000000307. The maximum atomic E-state index is 12.8. The number of hydrogen-bond acceptors (Lipinski definition) is 11. The molecular formula is C35H45BF6N12O3. The van der Waals surface area contributed by atoms with Crippen LogP contribution in [-0.4, -0.2) is 89.2 Å². The van der Waals surface area contributed by atoms with E-state index in [9.17, 15) is 41.0 Å². The van der Waals surface area contributed by atoms with E-state index in [1.807, 2.05) is 14.1 Å². The van der Waals surface area contributed by atoms with E-state index in [-0.39, 0.29) is 23.3 Å². The summed E-state index contributed by atoms with van der Waals surface area (Å²) < 4.78 is 76.5. The van der Waals surface area contributed by atoms with Crippen molar-refractivity contribution in [3.63, 3.8) is 0 Å². The molecule has 0 atom stereocenters. The molecule has 308 valence electrons. The van der Waals surface area contributed by atoms with Crippen LogP contribution in [0.4, 0.5) is 70.8 Å². The number of alkyl halides is 6. The molecular weight excluding hydrogens is 761 g/mol. The molecule has 0 aliphatic heterocycles. The molecule has 4 rings (SSSR count). The molecule has 0 spiro atoms. The van der Waals surface area contributed by atoms with Crippen molar-refractivity contribution in [2.75, 3.05) is 72.2 Å². The molecule has 22 heteroatoms. The zero-order chi connectivity index (χ0) is 42.2. The van der Waals surface area contributed by atoms with Crippen LogP contribution in [0.5, 0.6) is 0 Å². The second-order valence-corrected chi connectivity index (χ2v) is 12.5. The molecule has 0 aliphatic carbocycles. The van der Waals surface area contributed by atoms with Gasteiger partial charge in [-0.25, -0.2) is 19.6 Å². The predicted molar refractivity (Wildman–Crippen MR) is 208 cm³/mol. The Morgan fingerprint density at radius 2 is 1.12 bits per heavy atom. The van der Waals surface area contributed by atoms with Gasteiger partial charge in [0, 0.05) is 48.0 Å². The van der Waals surface area contributed by atoms with Crippen LogP contribution in [0.15, 0.2) is 60.7 Å². The van der Waals surface area contributed by atoms with Gasteiger partial charge in [-0.15, -0.1) is 0 Å². The number of anilines is 6. The summed E-state index contributed by atoms with van der Waals surface area (Å²) in [4.78, 5) is 42.5. The molecule has 0 fully saturated rings. The lowest BCUT2D eigenvalue weighted by atomic mass is 9.86. The van der Waals surface area contributed by atoms with Gasteiger partial charge in [-0.3, -0.25) is 10.6 Å². The van der Waals surface area contributed by atoms with Crippen LogP contribution in [0.3, 0.4) is 0 Å². The number of rotatable bonds is 15. The highest BCUT2D eigenvalue weighted by Crippen LogP contribution is 2.31. The summed E-state index contributed by atoms with van der Waals surface area (Å²) in [6, 6.07) is 10.6. The maximum absolute atomic E-state index is 12.8. The van der Waals surface area contributed by atoms with Gasteiger partial charge in [0.25, 0.3) is 0 Å². The number of nitrogens with one attached hydrogen (secondary N) is 7. The van der Waals surface area contributed by atoms with Gasteiger partial charge in [-0.05, 0) is 97.1 Å². The molecule has 0 unspecified atom stereocenters. The van der Waals surface area contributed by atoms with Crippen LogP contribution in [0, 0.1) is 13.8 Å². The van der Waals surface area contributed by atoms with Gasteiger partial charge in [-0.1, -0.05) is 12.1 Å². The Labute approximate surface area is 326 Å². The molecule has 2 heterocycles. The number of urea groups is 2. The summed E-state index contributed by atoms with van der Waals surface area (Å²) in [5.41, 5.74) is -0.464. The highest BCUT2D eigenvalue weighted by Gasteiger charge is 2.31. The Kier molecular flexibility index (Phi) is 17.2. The van der Waals surface area contributed by atoms with Crippen LogP contribution in [0.1, 0.15) is 35.4 Å². The van der Waals surface area contributed by atoms with Crippen molar-refractivity contribution in [1.29, 1.82) is 0 Å². The molecule has 0 saturated heterocycles. The van der Waals surface area contributed by atoms with Gasteiger partial charge in [0.1, 0.15) is 11.6 Å². The monoisotopic (exact) mass is 806 g/mol. The number of hydrogen-bond donors (Lipinski definition) is 8. The molecule has 4 aromatic rings. The van der Waals surface area contributed by atoms with Gasteiger partial charge >= 0.3 is 31.5 Å². The predicted octanol–water partition coefficient (Wildman–Crippen LogP) is 6.76. The average Bonchev–Trinajstić information content (AvgIpc) is 3.11. The van der Waals surface area contributed by atoms with E-state index >= 15 is 0 Å². The van der Waals surface area contributed by atoms with Crippen LogP contribution < -0.4 is 37.2 Å². The Hall–Kier alpha value is -5.74. The van der Waals surface area contributed by atoms with E-state index in [1.165, 1.54) is 24.3 Å². The molecule has 0 aliphatic rings. The summed E-state index contributed by atoms with van der Waals surface area (Å²) in [5, 5.41) is 28.2. The molecule has 4 amide bonds. The summed E-state index contributed by atoms with van der Waals surface area (Å²) in [7, 11) is 3.14. The van der Waals surface area contributed by atoms with Crippen molar-refractivity contribution in [3.8, 4) is 0 Å². The third-order valence-corrected chi connectivity index (χ3v) is 7.60. The van der Waals surface area contributed by atoms with E-state index in [2.05, 4.69) is 57.2 Å². The summed E-state index contributed by atoms with van der Waals surface area (Å²) in [6.45, 7) is 7.96. The largest absolute Gasteiger partial charge is 0.437 e. The summed E-state index contributed by atoms with van der Waals surface area (Å²) >= 11 is 0. The minimum absolute atomic E-state index is 0.00411. The first-order valence-electron chi connectivity index (χ1n) is 17.5. The molecule has 2 aromatic heterocycles. The van der Waals surface area contributed by atoms with Crippen molar-refractivity contribution in [2.24, 2.45) is 0 Å². The van der Waals surface area contributed by atoms with E-state index in [4.69, 9.17) is 0 Å². The van der Waals surface area contributed by atoms with Gasteiger partial charge in [-0.2, -0.15) is 36.3 Å². The van der Waals surface area contributed by atoms with Crippen molar-refractivity contribution in [2.45, 2.75) is 45.9 Å². The van der Waals surface area contributed by atoms with E-state index in [0.717, 1.165) is 43.7 Å². The third kappa shape index (κ3) is 16.9. The highest BCUT2D eigenvalue weighted by atomic mass is 19.4. The van der Waals surface area contributed by atoms with E-state index < -0.39 is 42.6 Å². The van der Waals surface area contributed by atoms with Crippen molar-refractivity contribution in [1.82, 2.24) is 30.1 Å². The first kappa shape index (κ1) is 45.7. The number of halogens is 6. The number of amides is 4. The van der Waals surface area contributed by atoms with Crippen molar-refractivity contribution >= 4 is 54.0 Å². The number of nitrogens with zero attached hydrogens (tertiary/aromatic N) is 5. The van der Waals surface area contributed by atoms with E-state index in [0.29, 0.717) is 42.7 Å². The zero-order valence-electron chi connectivity index (χ0n) is 31.9. The van der Waals surface area contributed by atoms with Crippen molar-refractivity contribution < 1.29 is 41.0 Å². The fourth-order valence-electron chi connectivity index (χ4n) is 4.72. The summed E-state index contributed by atoms with van der Waals surface area (Å²) in [5.74, 6) is 1.11.